The Kier molecular flexibility index (Phi) is 18.0. The molecule has 0 amide bonds. The molecular weight excluding hydrogens is 468 g/mol. The molecule has 0 radical (unpaired) electrons. The lowest BCUT2D eigenvalue weighted by atomic mass is 9.95. The molecule has 0 aliphatic heterocycles. The second kappa shape index (κ2) is 19.4. The number of aryl methyl sites for hydroxylation is 2. The Morgan fingerprint density at radius 3 is 1.14 bits per heavy atom. The van der Waals surface area contributed by atoms with Crippen LogP contribution >= 0.6 is 0 Å². The molecule has 0 saturated heterocycles. The zero-order chi connectivity index (χ0) is 28.4. The molecule has 6 nitrogen and oxygen atoms in total. The zero-order valence-electron chi connectivity index (χ0n) is 23.5. The van der Waals surface area contributed by atoms with Gasteiger partial charge in [0.25, 0.3) is 0 Å². The third-order valence-corrected chi connectivity index (χ3v) is 6.06. The summed E-state index contributed by atoms with van der Waals surface area (Å²) in [5, 5.41) is 36.1. The standard InChI is InChI=1S/2C11H14O2.C9H20O2/c2*1-2-3-4-9-5-7-10(8-6-9)11(12)13;1-6(2)8(10)5-9(11)7(3)4/h2*5-8H,2-4H2,1H3,(H,12,13);6-11H,5H2,1-4H3. The van der Waals surface area contributed by atoms with Crippen LogP contribution in [0.4, 0.5) is 0 Å². The Balaban J connectivity index is 0.000000528. The summed E-state index contributed by atoms with van der Waals surface area (Å²) >= 11 is 0. The fourth-order valence-electron chi connectivity index (χ4n) is 3.18. The highest BCUT2D eigenvalue weighted by molar-refractivity contribution is 5.87. The van der Waals surface area contributed by atoms with E-state index in [1.165, 1.54) is 24.0 Å². The number of hydrogen-bond acceptors (Lipinski definition) is 4. The van der Waals surface area contributed by atoms with Crippen LogP contribution in [0.1, 0.15) is 105 Å². The minimum absolute atomic E-state index is 0.239. The molecule has 2 unspecified atom stereocenters. The second-order valence-corrected chi connectivity index (χ2v) is 10.1. The predicted octanol–water partition coefficient (Wildman–Crippen LogP) is 6.87. The number of carboxylic acid groups (broad SMARTS) is 2. The molecule has 0 heterocycles. The van der Waals surface area contributed by atoms with Gasteiger partial charge >= 0.3 is 11.9 Å². The van der Waals surface area contributed by atoms with E-state index in [-0.39, 0.29) is 24.0 Å². The first-order chi connectivity index (χ1) is 17.4. The maximum absolute atomic E-state index is 10.5. The van der Waals surface area contributed by atoms with Crippen molar-refractivity contribution in [2.24, 2.45) is 11.8 Å². The minimum Gasteiger partial charge on any atom is -0.478 e. The van der Waals surface area contributed by atoms with E-state index in [9.17, 15) is 19.8 Å². The summed E-state index contributed by atoms with van der Waals surface area (Å²) < 4.78 is 0. The van der Waals surface area contributed by atoms with E-state index in [1.807, 2.05) is 52.0 Å². The fourth-order valence-corrected chi connectivity index (χ4v) is 3.18. The van der Waals surface area contributed by atoms with Crippen molar-refractivity contribution in [2.45, 2.75) is 98.7 Å². The molecule has 2 rings (SSSR count). The van der Waals surface area contributed by atoms with Crippen molar-refractivity contribution in [3.63, 3.8) is 0 Å². The lowest BCUT2D eigenvalue weighted by molar-refractivity contribution is 0.0326. The van der Waals surface area contributed by atoms with Crippen molar-refractivity contribution >= 4 is 11.9 Å². The molecule has 0 aromatic heterocycles. The van der Waals surface area contributed by atoms with Crippen LogP contribution in [0, 0.1) is 11.8 Å². The maximum Gasteiger partial charge on any atom is 0.335 e. The van der Waals surface area contributed by atoms with Crippen LogP contribution < -0.4 is 0 Å². The summed E-state index contributed by atoms with van der Waals surface area (Å²) in [7, 11) is 0. The lowest BCUT2D eigenvalue weighted by Crippen LogP contribution is -2.25. The summed E-state index contributed by atoms with van der Waals surface area (Å²) in [6.07, 6.45) is 6.49. The number of carboxylic acids is 2. The highest BCUT2D eigenvalue weighted by Gasteiger charge is 2.17. The number of rotatable bonds is 12. The number of benzene rings is 2. The van der Waals surface area contributed by atoms with E-state index < -0.39 is 11.9 Å². The van der Waals surface area contributed by atoms with Gasteiger partial charge in [0.2, 0.25) is 0 Å². The number of aliphatic hydroxyl groups excluding tert-OH is 2. The van der Waals surface area contributed by atoms with Crippen molar-refractivity contribution in [3.05, 3.63) is 70.8 Å². The monoisotopic (exact) mass is 516 g/mol. The Bertz CT molecular complexity index is 798. The zero-order valence-corrected chi connectivity index (χ0v) is 23.5. The van der Waals surface area contributed by atoms with Crippen molar-refractivity contribution < 1.29 is 30.0 Å². The molecule has 6 heteroatoms. The number of carbonyl (C=O) groups is 2. The molecule has 0 aliphatic carbocycles. The Hall–Kier alpha value is -2.70. The summed E-state index contributed by atoms with van der Waals surface area (Å²) in [5.41, 5.74) is 3.15. The molecule has 37 heavy (non-hydrogen) atoms. The molecule has 0 bridgehead atoms. The van der Waals surface area contributed by atoms with Gasteiger partial charge in [-0.15, -0.1) is 0 Å². The van der Waals surface area contributed by atoms with Crippen LogP contribution in [0.3, 0.4) is 0 Å². The first-order valence-electron chi connectivity index (χ1n) is 13.4. The molecule has 0 aliphatic rings. The molecular formula is C31H48O6. The van der Waals surface area contributed by atoms with Crippen molar-refractivity contribution in [1.29, 1.82) is 0 Å². The SMILES string of the molecule is CC(C)C(O)CC(O)C(C)C.CCCCc1ccc(C(=O)O)cc1.CCCCc1ccc(C(=O)O)cc1. The summed E-state index contributed by atoms with van der Waals surface area (Å²) in [5.74, 6) is -1.24. The lowest BCUT2D eigenvalue weighted by Gasteiger charge is -2.20. The second-order valence-electron chi connectivity index (χ2n) is 10.1. The van der Waals surface area contributed by atoms with Crippen molar-refractivity contribution in [2.75, 3.05) is 0 Å². The first-order valence-corrected chi connectivity index (χ1v) is 13.4. The van der Waals surface area contributed by atoms with Gasteiger partial charge < -0.3 is 20.4 Å². The quantitative estimate of drug-likeness (QED) is 0.245. The Labute approximate surface area is 223 Å². The van der Waals surface area contributed by atoms with E-state index in [1.54, 1.807) is 24.3 Å². The normalized spacial score (nSPS) is 12.2. The van der Waals surface area contributed by atoms with Gasteiger partial charge in [-0.2, -0.15) is 0 Å². The highest BCUT2D eigenvalue weighted by atomic mass is 16.4. The van der Waals surface area contributed by atoms with Crippen molar-refractivity contribution in [1.82, 2.24) is 0 Å². The van der Waals surface area contributed by atoms with Crippen LogP contribution in [-0.4, -0.2) is 44.6 Å². The average Bonchev–Trinajstić information content (AvgIpc) is 2.87. The van der Waals surface area contributed by atoms with E-state index >= 15 is 0 Å². The summed E-state index contributed by atoms with van der Waals surface area (Å²) in [6, 6.07) is 14.2. The third kappa shape index (κ3) is 15.9. The molecule has 2 aromatic carbocycles. The van der Waals surface area contributed by atoms with Gasteiger partial charge in [0.05, 0.1) is 23.3 Å². The molecule has 0 spiro atoms. The number of unbranched alkanes of at least 4 members (excludes halogenated alkanes) is 2. The van der Waals surface area contributed by atoms with Crippen LogP contribution in [-0.2, 0) is 12.8 Å². The van der Waals surface area contributed by atoms with E-state index in [4.69, 9.17) is 10.2 Å². The Morgan fingerprint density at radius 1 is 0.622 bits per heavy atom. The summed E-state index contributed by atoms with van der Waals surface area (Å²) in [6.45, 7) is 12.1. The van der Waals surface area contributed by atoms with Crippen LogP contribution in [0.5, 0.6) is 0 Å². The van der Waals surface area contributed by atoms with Crippen LogP contribution in [0.25, 0.3) is 0 Å². The first kappa shape index (κ1) is 34.3. The van der Waals surface area contributed by atoms with Crippen LogP contribution in [0.2, 0.25) is 0 Å². The summed E-state index contributed by atoms with van der Waals surface area (Å²) in [4.78, 5) is 21.1. The van der Waals surface area contributed by atoms with Gasteiger partial charge in [-0.3, -0.25) is 0 Å². The van der Waals surface area contributed by atoms with E-state index in [2.05, 4.69) is 13.8 Å². The fraction of sp³-hybridized carbons (Fsp3) is 0.548. The van der Waals surface area contributed by atoms with Gasteiger partial charge in [0.1, 0.15) is 0 Å². The van der Waals surface area contributed by atoms with Gasteiger partial charge in [-0.05, 0) is 79.3 Å². The molecule has 2 aromatic rings. The van der Waals surface area contributed by atoms with Gasteiger partial charge in [-0.1, -0.05) is 78.6 Å². The third-order valence-electron chi connectivity index (χ3n) is 6.06. The molecule has 4 N–H and O–H groups in total. The van der Waals surface area contributed by atoms with Crippen molar-refractivity contribution in [3.8, 4) is 0 Å². The highest BCUT2D eigenvalue weighted by Crippen LogP contribution is 2.13. The van der Waals surface area contributed by atoms with Gasteiger partial charge in [0.15, 0.2) is 0 Å². The molecule has 2 atom stereocenters. The molecule has 0 fully saturated rings. The maximum atomic E-state index is 10.5. The Morgan fingerprint density at radius 2 is 0.919 bits per heavy atom. The smallest absolute Gasteiger partial charge is 0.335 e. The number of aliphatic hydroxyl groups is 2. The predicted molar refractivity (Wildman–Crippen MR) is 150 cm³/mol. The topological polar surface area (TPSA) is 115 Å². The van der Waals surface area contributed by atoms with E-state index in [0.29, 0.717) is 17.5 Å². The van der Waals surface area contributed by atoms with Crippen LogP contribution in [0.15, 0.2) is 48.5 Å². The number of hydrogen-bond donors (Lipinski definition) is 4. The largest absolute Gasteiger partial charge is 0.478 e. The molecule has 0 saturated carbocycles. The average molecular weight is 517 g/mol. The minimum atomic E-state index is -0.859. The van der Waals surface area contributed by atoms with E-state index in [0.717, 1.165) is 25.7 Å². The number of aromatic carboxylic acids is 2. The van der Waals surface area contributed by atoms with Gasteiger partial charge in [0, 0.05) is 0 Å². The van der Waals surface area contributed by atoms with Gasteiger partial charge in [-0.25, -0.2) is 9.59 Å². The molecule has 208 valence electrons.